The SMILES string of the molecule is CC(C)(C)c1ccnc(-c2[c-]ccc(-c3ccc(-c4ccccc4-c4ccccc4)c4ncccc34)c2)c1.Cc1ccnc(-c2[c-]cccc2)c1.[Ir]. The minimum absolute atomic E-state index is 0. The maximum absolute atomic E-state index is 4.88. The Morgan fingerprint density at radius 2 is 1.17 bits per heavy atom. The monoisotopic (exact) mass is 850 g/mol. The summed E-state index contributed by atoms with van der Waals surface area (Å²) in [5.41, 5.74) is 14.5. The van der Waals surface area contributed by atoms with Crippen molar-refractivity contribution in [2.45, 2.75) is 33.1 Å². The van der Waals surface area contributed by atoms with Crippen LogP contribution in [0.3, 0.4) is 0 Å². The first-order chi connectivity index (χ1) is 24.8. The number of rotatable bonds is 5. The van der Waals surface area contributed by atoms with Gasteiger partial charge in [-0.15, -0.1) is 71.3 Å². The van der Waals surface area contributed by atoms with E-state index < -0.39 is 0 Å². The van der Waals surface area contributed by atoms with Crippen LogP contribution >= 0.6 is 0 Å². The maximum Gasteiger partial charge on any atom is 0.0786 e. The van der Waals surface area contributed by atoms with Crippen molar-refractivity contribution in [1.29, 1.82) is 0 Å². The quantitative estimate of drug-likeness (QED) is 0.162. The molecule has 8 rings (SSSR count). The van der Waals surface area contributed by atoms with Gasteiger partial charge in [0.2, 0.25) is 0 Å². The van der Waals surface area contributed by atoms with Gasteiger partial charge in [-0.1, -0.05) is 111 Å². The first-order valence-corrected chi connectivity index (χ1v) is 17.3. The summed E-state index contributed by atoms with van der Waals surface area (Å²) in [6.45, 7) is 8.74. The molecule has 0 saturated heterocycles. The Balaban J connectivity index is 0.000000279. The fourth-order valence-corrected chi connectivity index (χ4v) is 6.29. The number of hydrogen-bond donors (Lipinski definition) is 0. The molecule has 0 aliphatic carbocycles. The molecule has 0 N–H and O–H groups in total. The summed E-state index contributed by atoms with van der Waals surface area (Å²) in [4.78, 5) is 13.8. The number of aromatic nitrogens is 3. The van der Waals surface area contributed by atoms with Gasteiger partial charge in [-0.05, 0) is 69.7 Å². The van der Waals surface area contributed by atoms with Crippen LogP contribution in [0.25, 0.3) is 66.8 Å². The zero-order chi connectivity index (χ0) is 35.2. The van der Waals surface area contributed by atoms with Crippen molar-refractivity contribution < 1.29 is 20.1 Å². The number of benzene rings is 5. The molecule has 3 nitrogen and oxygen atoms in total. The zero-order valence-corrected chi connectivity index (χ0v) is 32.2. The summed E-state index contributed by atoms with van der Waals surface area (Å²) < 4.78 is 0. The molecule has 257 valence electrons. The largest absolute Gasteiger partial charge is 0.305 e. The first-order valence-electron chi connectivity index (χ1n) is 17.3. The summed E-state index contributed by atoms with van der Waals surface area (Å²) >= 11 is 0. The predicted molar refractivity (Wildman–Crippen MR) is 212 cm³/mol. The zero-order valence-electron chi connectivity index (χ0n) is 29.8. The second kappa shape index (κ2) is 16.2. The van der Waals surface area contributed by atoms with Crippen LogP contribution in [0.15, 0.2) is 164 Å². The van der Waals surface area contributed by atoms with E-state index in [0.29, 0.717) is 0 Å². The molecule has 0 bridgehead atoms. The average Bonchev–Trinajstić information content (AvgIpc) is 3.18. The second-order valence-corrected chi connectivity index (χ2v) is 13.6. The second-order valence-electron chi connectivity index (χ2n) is 13.6. The molecule has 0 unspecified atom stereocenters. The van der Waals surface area contributed by atoms with Gasteiger partial charge in [0.15, 0.2) is 0 Å². The number of hydrogen-bond acceptors (Lipinski definition) is 3. The molecular formula is C48H39IrN3-2. The molecule has 52 heavy (non-hydrogen) atoms. The van der Waals surface area contributed by atoms with E-state index >= 15 is 0 Å². The normalized spacial score (nSPS) is 10.9. The van der Waals surface area contributed by atoms with Crippen LogP contribution < -0.4 is 0 Å². The minimum Gasteiger partial charge on any atom is -0.305 e. The van der Waals surface area contributed by atoms with E-state index in [2.05, 4.69) is 153 Å². The van der Waals surface area contributed by atoms with Crippen LogP contribution in [0.4, 0.5) is 0 Å². The standard InChI is InChI=1S/C36H29N2.C12H10N.Ir/c1-36(2,3)28-20-22-37-34(24-28)27-14-9-13-26(23-27)30-18-19-33(35-32(30)17-10-21-38-35)31-16-8-7-15-29(31)25-11-5-4-6-12-25;1-10-7-8-13-12(9-10)11-5-3-2-4-6-11;/h4-13,15-24H,1-3H3;2-5,7-9H,1H3;/q2*-1;. The van der Waals surface area contributed by atoms with Crippen molar-refractivity contribution in [1.82, 2.24) is 15.0 Å². The van der Waals surface area contributed by atoms with Gasteiger partial charge >= 0.3 is 0 Å². The average molecular weight is 850 g/mol. The molecule has 0 fully saturated rings. The molecule has 8 aromatic rings. The molecule has 0 spiro atoms. The minimum atomic E-state index is 0. The van der Waals surface area contributed by atoms with Gasteiger partial charge in [0, 0.05) is 49.6 Å². The smallest absolute Gasteiger partial charge is 0.0786 e. The topological polar surface area (TPSA) is 38.7 Å². The van der Waals surface area contributed by atoms with Crippen molar-refractivity contribution in [3.8, 4) is 55.9 Å². The van der Waals surface area contributed by atoms with E-state index in [1.54, 1.807) is 0 Å². The summed E-state index contributed by atoms with van der Waals surface area (Å²) in [6, 6.07) is 56.8. The molecule has 0 saturated carbocycles. The Bertz CT molecular complexity index is 2410. The predicted octanol–water partition coefficient (Wildman–Crippen LogP) is 12.3. The van der Waals surface area contributed by atoms with E-state index in [1.807, 2.05) is 61.1 Å². The molecule has 5 aromatic carbocycles. The van der Waals surface area contributed by atoms with Crippen molar-refractivity contribution >= 4 is 10.9 Å². The summed E-state index contributed by atoms with van der Waals surface area (Å²) in [6.07, 6.45) is 5.60. The Morgan fingerprint density at radius 3 is 1.92 bits per heavy atom. The fourth-order valence-electron chi connectivity index (χ4n) is 6.29. The van der Waals surface area contributed by atoms with E-state index in [9.17, 15) is 0 Å². The van der Waals surface area contributed by atoms with Crippen LogP contribution in [0.1, 0.15) is 31.9 Å². The van der Waals surface area contributed by atoms with E-state index in [4.69, 9.17) is 4.98 Å². The van der Waals surface area contributed by atoms with Crippen molar-refractivity contribution in [3.63, 3.8) is 0 Å². The third-order valence-electron chi connectivity index (χ3n) is 8.99. The molecule has 0 aliphatic rings. The fraction of sp³-hybridized carbons (Fsp3) is 0.104. The number of aryl methyl sites for hydroxylation is 1. The van der Waals surface area contributed by atoms with Gasteiger partial charge < -0.3 is 9.97 Å². The van der Waals surface area contributed by atoms with Gasteiger partial charge in [0.05, 0.1) is 5.52 Å². The molecule has 3 aromatic heterocycles. The summed E-state index contributed by atoms with van der Waals surface area (Å²) in [5, 5.41) is 1.13. The Kier molecular flexibility index (Phi) is 11.3. The number of fused-ring (bicyclic) bond motifs is 1. The van der Waals surface area contributed by atoms with Crippen LogP contribution in [0.5, 0.6) is 0 Å². The summed E-state index contributed by atoms with van der Waals surface area (Å²) in [5.74, 6) is 0. The third kappa shape index (κ3) is 8.16. The first kappa shape index (κ1) is 36.3. The maximum atomic E-state index is 4.88. The molecule has 0 amide bonds. The summed E-state index contributed by atoms with van der Waals surface area (Å²) in [7, 11) is 0. The number of nitrogens with zero attached hydrogens (tertiary/aromatic N) is 3. The molecular weight excluding hydrogens is 811 g/mol. The van der Waals surface area contributed by atoms with Crippen molar-refractivity contribution in [3.05, 3.63) is 187 Å². The Labute approximate surface area is 320 Å². The molecule has 4 heteroatoms. The van der Waals surface area contributed by atoms with Crippen LogP contribution in [0.2, 0.25) is 0 Å². The van der Waals surface area contributed by atoms with Crippen LogP contribution in [-0.2, 0) is 25.5 Å². The van der Waals surface area contributed by atoms with Gasteiger partial charge in [-0.25, -0.2) is 0 Å². The Morgan fingerprint density at radius 1 is 0.481 bits per heavy atom. The van der Waals surface area contributed by atoms with Gasteiger partial charge in [-0.3, -0.25) is 4.98 Å². The van der Waals surface area contributed by atoms with Gasteiger partial charge in [0.1, 0.15) is 0 Å². The van der Waals surface area contributed by atoms with Crippen LogP contribution in [0, 0.1) is 19.1 Å². The van der Waals surface area contributed by atoms with Gasteiger partial charge in [-0.2, -0.15) is 0 Å². The van der Waals surface area contributed by atoms with E-state index in [1.165, 1.54) is 27.8 Å². The molecule has 3 heterocycles. The third-order valence-corrected chi connectivity index (χ3v) is 8.99. The van der Waals surface area contributed by atoms with E-state index in [0.717, 1.165) is 50.1 Å². The van der Waals surface area contributed by atoms with E-state index in [-0.39, 0.29) is 25.5 Å². The molecule has 1 radical (unpaired) electrons. The van der Waals surface area contributed by atoms with Crippen LogP contribution in [-0.4, -0.2) is 15.0 Å². The van der Waals surface area contributed by atoms with Gasteiger partial charge in [0.25, 0.3) is 0 Å². The molecule has 0 aliphatic heterocycles. The van der Waals surface area contributed by atoms with Crippen molar-refractivity contribution in [2.75, 3.05) is 0 Å². The number of pyridine rings is 3. The Hall–Kier alpha value is -5.54. The molecule has 0 atom stereocenters. The van der Waals surface area contributed by atoms with Crippen molar-refractivity contribution in [2.24, 2.45) is 0 Å².